The normalized spacial score (nSPS) is 24.3. The Morgan fingerprint density at radius 1 is 1.53 bits per heavy atom. The van der Waals surface area contributed by atoms with Crippen molar-refractivity contribution in [2.75, 3.05) is 13.7 Å². The molecule has 1 aliphatic heterocycles. The van der Waals surface area contributed by atoms with E-state index in [9.17, 15) is 0 Å². The maximum absolute atomic E-state index is 5.47. The van der Waals surface area contributed by atoms with Crippen molar-refractivity contribution in [3.8, 4) is 0 Å². The van der Waals surface area contributed by atoms with Crippen molar-refractivity contribution in [1.29, 1.82) is 0 Å². The molecule has 108 valence electrons. The van der Waals surface area contributed by atoms with E-state index in [1.54, 1.807) is 7.11 Å². The van der Waals surface area contributed by atoms with E-state index in [1.807, 2.05) is 0 Å². The summed E-state index contributed by atoms with van der Waals surface area (Å²) in [7, 11) is 1.69. The minimum atomic E-state index is -0.0609. The summed E-state index contributed by atoms with van der Waals surface area (Å²) in [5, 5.41) is 7.59. The van der Waals surface area contributed by atoms with Crippen LogP contribution in [0.5, 0.6) is 0 Å². The highest BCUT2D eigenvalue weighted by Gasteiger charge is 2.37. The van der Waals surface area contributed by atoms with Crippen LogP contribution in [0.3, 0.4) is 0 Å². The fourth-order valence-electron chi connectivity index (χ4n) is 2.74. The smallest absolute Gasteiger partial charge is 0.244 e. The first-order valence-corrected chi connectivity index (χ1v) is 7.18. The molecule has 0 saturated carbocycles. The van der Waals surface area contributed by atoms with Gasteiger partial charge in [0.1, 0.15) is 6.10 Å². The van der Waals surface area contributed by atoms with Gasteiger partial charge in [0.2, 0.25) is 11.7 Å². The number of hydrogen-bond donors (Lipinski definition) is 1. The summed E-state index contributed by atoms with van der Waals surface area (Å²) in [5.74, 6) is 1.36. The Bertz CT molecular complexity index is 403. The maximum atomic E-state index is 5.47. The predicted molar refractivity (Wildman–Crippen MR) is 72.7 cm³/mol. The Labute approximate surface area is 115 Å². The van der Waals surface area contributed by atoms with Crippen molar-refractivity contribution in [1.82, 2.24) is 15.5 Å². The van der Waals surface area contributed by atoms with Crippen molar-refractivity contribution in [2.45, 2.75) is 58.6 Å². The molecule has 0 aromatic carbocycles. The first kappa shape index (κ1) is 14.5. The summed E-state index contributed by atoms with van der Waals surface area (Å²) < 4.78 is 10.9. The van der Waals surface area contributed by atoms with Gasteiger partial charge < -0.3 is 14.6 Å². The maximum Gasteiger partial charge on any atom is 0.244 e. The minimum absolute atomic E-state index is 0.0609. The fourth-order valence-corrected chi connectivity index (χ4v) is 2.74. The highest BCUT2D eigenvalue weighted by atomic mass is 16.5. The molecule has 0 radical (unpaired) electrons. The standard InChI is InChI=1S/C14H25N3O2/c1-5-7-10(18-4)12-16-13(19-17-12)11-14(2,3)8-6-9-15-11/h10-11,15H,5-9H2,1-4H3. The molecular weight excluding hydrogens is 242 g/mol. The van der Waals surface area contributed by atoms with Crippen LogP contribution in [-0.2, 0) is 4.74 Å². The average Bonchev–Trinajstić information content (AvgIpc) is 2.84. The Morgan fingerprint density at radius 2 is 2.32 bits per heavy atom. The van der Waals surface area contributed by atoms with Gasteiger partial charge in [0.25, 0.3) is 0 Å². The van der Waals surface area contributed by atoms with Gasteiger partial charge in [0, 0.05) is 7.11 Å². The molecule has 1 saturated heterocycles. The molecule has 2 rings (SSSR count). The predicted octanol–water partition coefficient (Wildman–Crippen LogP) is 3.01. The lowest BCUT2D eigenvalue weighted by molar-refractivity contribution is 0.0853. The summed E-state index contributed by atoms with van der Waals surface area (Å²) in [6.07, 6.45) is 4.26. The van der Waals surface area contributed by atoms with E-state index in [-0.39, 0.29) is 17.6 Å². The number of piperidine rings is 1. The second kappa shape index (κ2) is 6.01. The van der Waals surface area contributed by atoms with Crippen molar-refractivity contribution < 1.29 is 9.26 Å². The van der Waals surface area contributed by atoms with E-state index in [0.29, 0.717) is 11.7 Å². The lowest BCUT2D eigenvalue weighted by Crippen LogP contribution is -2.39. The zero-order valence-electron chi connectivity index (χ0n) is 12.4. The van der Waals surface area contributed by atoms with E-state index < -0.39 is 0 Å². The van der Waals surface area contributed by atoms with E-state index in [0.717, 1.165) is 19.4 Å². The van der Waals surface area contributed by atoms with Gasteiger partial charge in [-0.1, -0.05) is 32.3 Å². The van der Waals surface area contributed by atoms with Gasteiger partial charge in [0.05, 0.1) is 6.04 Å². The van der Waals surface area contributed by atoms with E-state index >= 15 is 0 Å². The molecule has 1 fully saturated rings. The Balaban J connectivity index is 2.15. The van der Waals surface area contributed by atoms with E-state index in [4.69, 9.17) is 9.26 Å². The van der Waals surface area contributed by atoms with Crippen molar-refractivity contribution in [2.24, 2.45) is 5.41 Å². The number of nitrogens with zero attached hydrogens (tertiary/aromatic N) is 2. The van der Waals surface area contributed by atoms with Crippen LogP contribution in [-0.4, -0.2) is 23.8 Å². The quantitative estimate of drug-likeness (QED) is 0.888. The number of nitrogens with one attached hydrogen (secondary N) is 1. The first-order chi connectivity index (χ1) is 9.08. The van der Waals surface area contributed by atoms with Crippen LogP contribution >= 0.6 is 0 Å². The van der Waals surface area contributed by atoms with Gasteiger partial charge >= 0.3 is 0 Å². The second-order valence-corrected chi connectivity index (χ2v) is 5.98. The summed E-state index contributed by atoms with van der Waals surface area (Å²) in [6.45, 7) is 7.62. The third-order valence-corrected chi connectivity index (χ3v) is 3.96. The van der Waals surface area contributed by atoms with Crippen LogP contribution in [0.4, 0.5) is 0 Å². The zero-order valence-corrected chi connectivity index (χ0v) is 12.4. The molecule has 1 N–H and O–H groups in total. The van der Waals surface area contributed by atoms with Crippen LogP contribution in [0.2, 0.25) is 0 Å². The third kappa shape index (κ3) is 3.15. The number of methoxy groups -OCH3 is 1. The van der Waals surface area contributed by atoms with Gasteiger partial charge in [-0.3, -0.25) is 0 Å². The number of rotatable bonds is 5. The molecule has 2 atom stereocenters. The second-order valence-electron chi connectivity index (χ2n) is 5.98. The van der Waals surface area contributed by atoms with Gasteiger partial charge in [-0.05, 0) is 31.2 Å². The molecule has 1 aliphatic rings. The largest absolute Gasteiger partial charge is 0.373 e. The third-order valence-electron chi connectivity index (χ3n) is 3.96. The molecular formula is C14H25N3O2. The summed E-state index contributed by atoms with van der Waals surface area (Å²) in [5.41, 5.74) is 0.148. The molecule has 0 spiro atoms. The Morgan fingerprint density at radius 3 is 2.95 bits per heavy atom. The van der Waals surface area contributed by atoms with E-state index in [2.05, 4.69) is 36.2 Å². The van der Waals surface area contributed by atoms with Crippen LogP contribution in [0.1, 0.15) is 70.3 Å². The van der Waals surface area contributed by atoms with Crippen LogP contribution < -0.4 is 5.32 Å². The van der Waals surface area contributed by atoms with Crippen molar-refractivity contribution in [3.63, 3.8) is 0 Å². The molecule has 2 heterocycles. The molecule has 19 heavy (non-hydrogen) atoms. The minimum Gasteiger partial charge on any atom is -0.373 e. The van der Waals surface area contributed by atoms with Crippen LogP contribution in [0.25, 0.3) is 0 Å². The summed E-state index contributed by atoms with van der Waals surface area (Å²) in [6, 6.07) is 0.140. The molecule has 1 aromatic heterocycles. The first-order valence-electron chi connectivity index (χ1n) is 7.18. The van der Waals surface area contributed by atoms with Crippen molar-refractivity contribution in [3.05, 3.63) is 11.7 Å². The van der Waals surface area contributed by atoms with Gasteiger partial charge in [0.15, 0.2) is 0 Å². The molecule has 5 heteroatoms. The molecule has 0 bridgehead atoms. The number of ether oxygens (including phenoxy) is 1. The Kier molecular flexibility index (Phi) is 4.58. The Hall–Kier alpha value is -0.940. The van der Waals surface area contributed by atoms with Crippen LogP contribution in [0, 0.1) is 5.41 Å². The fraction of sp³-hybridized carbons (Fsp3) is 0.857. The lowest BCUT2D eigenvalue weighted by atomic mass is 9.77. The monoisotopic (exact) mass is 267 g/mol. The molecule has 0 amide bonds. The van der Waals surface area contributed by atoms with E-state index in [1.165, 1.54) is 12.8 Å². The van der Waals surface area contributed by atoms with Crippen molar-refractivity contribution >= 4 is 0 Å². The van der Waals surface area contributed by atoms with Gasteiger partial charge in [-0.25, -0.2) is 0 Å². The topological polar surface area (TPSA) is 60.2 Å². The molecule has 5 nitrogen and oxygen atoms in total. The average molecular weight is 267 g/mol. The molecule has 0 aliphatic carbocycles. The molecule has 1 aromatic rings. The molecule has 2 unspecified atom stereocenters. The highest BCUT2D eigenvalue weighted by molar-refractivity contribution is 5.02. The number of aromatic nitrogens is 2. The zero-order chi connectivity index (χ0) is 13.9. The lowest BCUT2D eigenvalue weighted by Gasteiger charge is -2.36. The van der Waals surface area contributed by atoms with Gasteiger partial charge in [-0.15, -0.1) is 0 Å². The summed E-state index contributed by atoms with van der Waals surface area (Å²) in [4.78, 5) is 4.55. The van der Waals surface area contributed by atoms with Crippen LogP contribution in [0.15, 0.2) is 4.52 Å². The van der Waals surface area contributed by atoms with Gasteiger partial charge in [-0.2, -0.15) is 4.98 Å². The number of hydrogen-bond acceptors (Lipinski definition) is 5. The summed E-state index contributed by atoms with van der Waals surface area (Å²) >= 11 is 0. The SMILES string of the molecule is CCCC(OC)c1noc(C2NCCCC2(C)C)n1. The highest BCUT2D eigenvalue weighted by Crippen LogP contribution is 2.39.